The number of carbonyl (C=O) groups excluding carboxylic acids is 1. The molecule has 2 amide bonds. The molecular weight excluding hydrogens is 431 g/mol. The van der Waals surface area contributed by atoms with E-state index in [1.807, 2.05) is 34.0 Å². The van der Waals surface area contributed by atoms with Gasteiger partial charge in [-0.25, -0.2) is 9.18 Å². The molecule has 1 heterocycles. The first-order valence-corrected chi connectivity index (χ1v) is 11.0. The van der Waals surface area contributed by atoms with Crippen LogP contribution < -0.4 is 20.9 Å². The number of carbonyl (C=O) groups is 1. The van der Waals surface area contributed by atoms with Crippen LogP contribution in [0.5, 0.6) is 5.88 Å². The minimum absolute atomic E-state index is 0.00870. The molecule has 30 heavy (non-hydrogen) atoms. The molecule has 1 aromatic carbocycles. The summed E-state index contributed by atoms with van der Waals surface area (Å²) in [6.45, 7) is 7.54. The molecule has 0 fully saturated rings. The highest BCUT2D eigenvalue weighted by Gasteiger charge is 2.18. The predicted molar refractivity (Wildman–Crippen MR) is 117 cm³/mol. The molecule has 0 radical (unpaired) electrons. The van der Waals surface area contributed by atoms with Crippen LogP contribution in [0.3, 0.4) is 0 Å². The molecule has 0 atom stereocenters. The fraction of sp³-hybridized carbons (Fsp3) is 0.450. The third-order valence-electron chi connectivity index (χ3n) is 4.09. The Hall–Kier alpha value is -2.26. The molecule has 0 saturated carbocycles. The molecule has 7 nitrogen and oxygen atoms in total. The van der Waals surface area contributed by atoms with E-state index in [9.17, 15) is 14.0 Å². The minimum atomic E-state index is -0.430. The Kier molecular flexibility index (Phi) is 8.54. The Bertz CT molecular complexity index is 966. The summed E-state index contributed by atoms with van der Waals surface area (Å²) in [5, 5.41) is 5.76. The van der Waals surface area contributed by atoms with Crippen LogP contribution in [-0.2, 0) is 13.2 Å². The summed E-state index contributed by atoms with van der Waals surface area (Å²) in [5.74, 6) is -0.413. The SMILES string of the molecule is CSc1nc(OCc2ccc(F)cc2CNC(=O)NC(C)C)c(Cl)c(=O)n1C(C)C. The summed E-state index contributed by atoms with van der Waals surface area (Å²) < 4.78 is 20.9. The van der Waals surface area contributed by atoms with Gasteiger partial charge in [-0.1, -0.05) is 29.4 Å². The second-order valence-corrected chi connectivity index (χ2v) is 8.32. The van der Waals surface area contributed by atoms with Gasteiger partial charge in [0.15, 0.2) is 10.2 Å². The summed E-state index contributed by atoms with van der Waals surface area (Å²) in [4.78, 5) is 28.8. The Morgan fingerprint density at radius 1 is 1.30 bits per heavy atom. The zero-order valence-electron chi connectivity index (χ0n) is 17.6. The van der Waals surface area contributed by atoms with Crippen LogP contribution >= 0.6 is 23.4 Å². The molecule has 0 saturated heterocycles. The second kappa shape index (κ2) is 10.7. The van der Waals surface area contributed by atoms with Crippen LogP contribution in [0.1, 0.15) is 44.9 Å². The molecule has 2 rings (SSSR count). The van der Waals surface area contributed by atoms with Crippen LogP contribution in [0.2, 0.25) is 5.02 Å². The third-order valence-corrected chi connectivity index (χ3v) is 5.06. The van der Waals surface area contributed by atoms with Crippen LogP contribution in [0.15, 0.2) is 28.2 Å². The molecule has 10 heteroatoms. The monoisotopic (exact) mass is 456 g/mol. The van der Waals surface area contributed by atoms with E-state index in [4.69, 9.17) is 16.3 Å². The maximum atomic E-state index is 13.7. The Morgan fingerprint density at radius 3 is 2.60 bits per heavy atom. The summed E-state index contributed by atoms with van der Waals surface area (Å²) in [7, 11) is 0. The average molecular weight is 457 g/mol. The molecular formula is C20H26ClFN4O3S. The van der Waals surface area contributed by atoms with Crippen molar-refractivity contribution in [1.82, 2.24) is 20.2 Å². The second-order valence-electron chi connectivity index (χ2n) is 7.17. The maximum absolute atomic E-state index is 13.7. The van der Waals surface area contributed by atoms with E-state index < -0.39 is 5.82 Å². The van der Waals surface area contributed by atoms with Gasteiger partial charge in [-0.05, 0) is 57.2 Å². The van der Waals surface area contributed by atoms with Gasteiger partial charge in [-0.2, -0.15) is 4.98 Å². The van der Waals surface area contributed by atoms with Crippen molar-refractivity contribution in [2.75, 3.05) is 6.26 Å². The molecule has 164 valence electrons. The van der Waals surface area contributed by atoms with Gasteiger partial charge in [0, 0.05) is 18.6 Å². The van der Waals surface area contributed by atoms with E-state index >= 15 is 0 Å². The summed E-state index contributed by atoms with van der Waals surface area (Å²) in [5.41, 5.74) is 0.802. The Morgan fingerprint density at radius 2 is 2.00 bits per heavy atom. The van der Waals surface area contributed by atoms with Crippen molar-refractivity contribution in [3.8, 4) is 5.88 Å². The number of hydrogen-bond donors (Lipinski definition) is 2. The molecule has 0 aliphatic rings. The highest BCUT2D eigenvalue weighted by atomic mass is 35.5. The number of urea groups is 1. The first-order chi connectivity index (χ1) is 14.1. The van der Waals surface area contributed by atoms with Crippen molar-refractivity contribution in [2.24, 2.45) is 0 Å². The van der Waals surface area contributed by atoms with Crippen LogP contribution in [0, 0.1) is 5.82 Å². The van der Waals surface area contributed by atoms with Crippen LogP contribution in [-0.4, -0.2) is 27.9 Å². The molecule has 2 aromatic rings. The standard InChI is InChI=1S/C20H26ClFN4O3S/c1-11(2)24-19(28)23-9-14-8-15(22)7-6-13(14)10-29-17-16(21)18(27)26(12(3)4)20(25-17)30-5/h6-8,11-12H,9-10H2,1-5H3,(H2,23,24,28). The largest absolute Gasteiger partial charge is 0.472 e. The van der Waals surface area contributed by atoms with Crippen LogP contribution in [0.25, 0.3) is 0 Å². The van der Waals surface area contributed by atoms with Gasteiger partial charge < -0.3 is 15.4 Å². The fourth-order valence-corrected chi connectivity index (χ4v) is 3.56. The number of nitrogens with zero attached hydrogens (tertiary/aromatic N) is 2. The number of amides is 2. The van der Waals surface area contributed by atoms with E-state index in [1.54, 1.807) is 6.07 Å². The van der Waals surface area contributed by atoms with E-state index in [1.165, 1.54) is 28.5 Å². The fourth-order valence-electron chi connectivity index (χ4n) is 2.70. The Balaban J connectivity index is 2.23. The highest BCUT2D eigenvalue weighted by molar-refractivity contribution is 7.98. The predicted octanol–water partition coefficient (Wildman–Crippen LogP) is 4.13. The molecule has 0 bridgehead atoms. The van der Waals surface area contributed by atoms with Crippen molar-refractivity contribution < 1.29 is 13.9 Å². The zero-order chi connectivity index (χ0) is 22.4. The topological polar surface area (TPSA) is 85.2 Å². The van der Waals surface area contributed by atoms with E-state index in [-0.39, 0.29) is 47.7 Å². The molecule has 2 N–H and O–H groups in total. The quantitative estimate of drug-likeness (QED) is 0.461. The summed E-state index contributed by atoms with van der Waals surface area (Å²) >= 11 is 7.51. The maximum Gasteiger partial charge on any atom is 0.315 e. The van der Waals surface area contributed by atoms with Gasteiger partial charge in [0.05, 0.1) is 0 Å². The van der Waals surface area contributed by atoms with Gasteiger partial charge in [0.2, 0.25) is 5.88 Å². The third kappa shape index (κ3) is 6.12. The lowest BCUT2D eigenvalue weighted by Crippen LogP contribution is -2.39. The number of rotatable bonds is 8. The minimum Gasteiger partial charge on any atom is -0.472 e. The lowest BCUT2D eigenvalue weighted by molar-refractivity contribution is 0.238. The molecule has 0 spiro atoms. The number of hydrogen-bond acceptors (Lipinski definition) is 5. The molecule has 0 unspecified atom stereocenters. The number of halogens is 2. The van der Waals surface area contributed by atoms with Gasteiger partial charge in [0.1, 0.15) is 12.4 Å². The van der Waals surface area contributed by atoms with Crippen molar-refractivity contribution in [1.29, 1.82) is 0 Å². The summed E-state index contributed by atoms with van der Waals surface area (Å²) in [6.07, 6.45) is 1.81. The van der Waals surface area contributed by atoms with Crippen LogP contribution in [0.4, 0.5) is 9.18 Å². The van der Waals surface area contributed by atoms with E-state index in [2.05, 4.69) is 15.6 Å². The first kappa shape index (κ1) is 24.0. The van der Waals surface area contributed by atoms with Gasteiger partial charge in [-0.15, -0.1) is 0 Å². The van der Waals surface area contributed by atoms with Crippen molar-refractivity contribution in [3.63, 3.8) is 0 Å². The van der Waals surface area contributed by atoms with E-state index in [0.717, 1.165) is 0 Å². The molecule has 1 aromatic heterocycles. The highest BCUT2D eigenvalue weighted by Crippen LogP contribution is 2.25. The van der Waals surface area contributed by atoms with Gasteiger partial charge in [-0.3, -0.25) is 9.36 Å². The van der Waals surface area contributed by atoms with Gasteiger partial charge in [0.25, 0.3) is 5.56 Å². The Labute approximate surface area is 184 Å². The smallest absolute Gasteiger partial charge is 0.315 e. The van der Waals surface area contributed by atoms with Crippen molar-refractivity contribution in [2.45, 2.75) is 58.1 Å². The lowest BCUT2D eigenvalue weighted by atomic mass is 10.1. The number of benzene rings is 1. The number of aromatic nitrogens is 2. The molecule has 0 aliphatic heterocycles. The number of ether oxygens (including phenoxy) is 1. The summed E-state index contributed by atoms with van der Waals surface area (Å²) in [6, 6.07) is 3.71. The van der Waals surface area contributed by atoms with Crippen molar-refractivity contribution in [3.05, 3.63) is 50.5 Å². The lowest BCUT2D eigenvalue weighted by Gasteiger charge is -2.17. The number of nitrogens with one attached hydrogen (secondary N) is 2. The molecule has 0 aliphatic carbocycles. The normalized spacial score (nSPS) is 11.1. The van der Waals surface area contributed by atoms with Crippen molar-refractivity contribution >= 4 is 29.4 Å². The number of thioether (sulfide) groups is 1. The zero-order valence-corrected chi connectivity index (χ0v) is 19.2. The van der Waals surface area contributed by atoms with E-state index in [0.29, 0.717) is 16.3 Å². The first-order valence-electron chi connectivity index (χ1n) is 9.44. The van der Waals surface area contributed by atoms with Gasteiger partial charge >= 0.3 is 6.03 Å². The average Bonchev–Trinajstić information content (AvgIpc) is 2.67.